The zero-order valence-corrected chi connectivity index (χ0v) is 25.0. The van der Waals surface area contributed by atoms with Gasteiger partial charge in [-0.3, -0.25) is 0 Å². The van der Waals surface area contributed by atoms with Gasteiger partial charge in [0.05, 0.1) is 0 Å². The molecular formula is C43H28N2O. The third-order valence-corrected chi connectivity index (χ3v) is 8.86. The molecule has 0 atom stereocenters. The molecule has 8 aromatic carbocycles. The van der Waals surface area contributed by atoms with Crippen molar-refractivity contribution in [3.05, 3.63) is 170 Å². The summed E-state index contributed by atoms with van der Waals surface area (Å²) in [5, 5.41) is 6.88. The predicted molar refractivity (Wildman–Crippen MR) is 192 cm³/mol. The van der Waals surface area contributed by atoms with Gasteiger partial charge in [0.15, 0.2) is 5.58 Å². The van der Waals surface area contributed by atoms with Gasteiger partial charge >= 0.3 is 0 Å². The van der Waals surface area contributed by atoms with Gasteiger partial charge in [-0.25, -0.2) is 4.98 Å². The van der Waals surface area contributed by atoms with E-state index in [2.05, 4.69) is 144 Å². The molecule has 1 heterocycles. The van der Waals surface area contributed by atoms with Gasteiger partial charge in [0.2, 0.25) is 5.89 Å². The van der Waals surface area contributed by atoms with Crippen LogP contribution >= 0.6 is 0 Å². The first-order valence-corrected chi connectivity index (χ1v) is 15.6. The third-order valence-electron chi connectivity index (χ3n) is 8.86. The lowest BCUT2D eigenvalue weighted by atomic mass is 9.93. The summed E-state index contributed by atoms with van der Waals surface area (Å²) in [6.07, 6.45) is 0. The van der Waals surface area contributed by atoms with Crippen molar-refractivity contribution in [3.8, 4) is 22.6 Å². The van der Waals surface area contributed by atoms with Gasteiger partial charge in [-0.1, -0.05) is 115 Å². The average Bonchev–Trinajstić information content (AvgIpc) is 3.59. The number of benzene rings is 8. The summed E-state index contributed by atoms with van der Waals surface area (Å²) >= 11 is 0. The van der Waals surface area contributed by atoms with Crippen LogP contribution in [0.5, 0.6) is 0 Å². The Kier molecular flexibility index (Phi) is 6.14. The fourth-order valence-electron chi connectivity index (χ4n) is 6.68. The maximum atomic E-state index is 6.53. The summed E-state index contributed by atoms with van der Waals surface area (Å²) in [6, 6.07) is 59.7. The van der Waals surface area contributed by atoms with Gasteiger partial charge < -0.3 is 9.32 Å². The van der Waals surface area contributed by atoms with Crippen LogP contribution in [0, 0.1) is 0 Å². The Morgan fingerprint density at radius 2 is 0.978 bits per heavy atom. The van der Waals surface area contributed by atoms with E-state index in [4.69, 9.17) is 9.40 Å². The number of anilines is 3. The number of hydrogen-bond acceptors (Lipinski definition) is 3. The maximum absolute atomic E-state index is 6.53. The van der Waals surface area contributed by atoms with Crippen molar-refractivity contribution in [3.63, 3.8) is 0 Å². The van der Waals surface area contributed by atoms with Crippen molar-refractivity contribution in [2.45, 2.75) is 0 Å². The second-order valence-electron chi connectivity index (χ2n) is 11.6. The van der Waals surface area contributed by atoms with E-state index in [1.807, 2.05) is 30.3 Å². The topological polar surface area (TPSA) is 29.3 Å². The molecule has 0 bridgehead atoms. The van der Waals surface area contributed by atoms with Gasteiger partial charge in [-0.2, -0.15) is 0 Å². The van der Waals surface area contributed by atoms with Crippen molar-refractivity contribution in [2.24, 2.45) is 0 Å². The number of nitrogens with zero attached hydrogens (tertiary/aromatic N) is 2. The van der Waals surface area contributed by atoms with Crippen LogP contribution in [0.1, 0.15) is 0 Å². The first kappa shape index (κ1) is 26.2. The standard InChI is InChI=1S/C43H28N2O/c1-4-12-31(13-5-1)43-44-41-40-37(36-18-10-11-19-38(36)42(41)46-43)27-24-30-20-21-32(28-39(30)40)29-22-25-35(26-23-29)45(33-14-6-2-7-15-33)34-16-8-3-9-17-34/h1-28H. The zero-order valence-electron chi connectivity index (χ0n) is 25.0. The molecule has 3 nitrogen and oxygen atoms in total. The minimum Gasteiger partial charge on any atom is -0.435 e. The third kappa shape index (κ3) is 4.33. The number of oxazole rings is 1. The second kappa shape index (κ2) is 10.8. The Bertz CT molecular complexity index is 2460. The first-order chi connectivity index (χ1) is 22.8. The molecule has 0 saturated heterocycles. The molecular weight excluding hydrogens is 560 g/mol. The van der Waals surface area contributed by atoms with E-state index in [1.54, 1.807) is 0 Å². The van der Waals surface area contributed by atoms with E-state index in [1.165, 1.54) is 16.2 Å². The first-order valence-electron chi connectivity index (χ1n) is 15.6. The molecule has 9 aromatic rings. The highest BCUT2D eigenvalue weighted by Gasteiger charge is 2.18. The smallest absolute Gasteiger partial charge is 0.227 e. The van der Waals surface area contributed by atoms with Gasteiger partial charge in [0.1, 0.15) is 5.52 Å². The molecule has 0 N–H and O–H groups in total. The molecule has 46 heavy (non-hydrogen) atoms. The number of aromatic nitrogens is 1. The summed E-state index contributed by atoms with van der Waals surface area (Å²) in [7, 11) is 0. The predicted octanol–water partition coefficient (Wildman–Crippen LogP) is 12.1. The van der Waals surface area contributed by atoms with E-state index < -0.39 is 0 Å². The average molecular weight is 589 g/mol. The van der Waals surface area contributed by atoms with Crippen molar-refractivity contribution < 1.29 is 4.42 Å². The van der Waals surface area contributed by atoms with Crippen LogP contribution in [0.2, 0.25) is 0 Å². The Morgan fingerprint density at radius 1 is 0.413 bits per heavy atom. The van der Waals surface area contributed by atoms with Crippen LogP contribution in [0.25, 0.3) is 66.0 Å². The molecule has 0 spiro atoms. The minimum atomic E-state index is 0.637. The second-order valence-corrected chi connectivity index (χ2v) is 11.6. The Hall–Kier alpha value is -6.19. The number of rotatable bonds is 5. The Morgan fingerprint density at radius 3 is 1.67 bits per heavy atom. The van der Waals surface area contributed by atoms with Crippen LogP contribution in [0.15, 0.2) is 174 Å². The van der Waals surface area contributed by atoms with Crippen molar-refractivity contribution in [1.29, 1.82) is 0 Å². The largest absolute Gasteiger partial charge is 0.435 e. The lowest BCUT2D eigenvalue weighted by Gasteiger charge is -2.25. The zero-order chi connectivity index (χ0) is 30.5. The van der Waals surface area contributed by atoms with Gasteiger partial charge in [0, 0.05) is 33.4 Å². The molecule has 0 radical (unpaired) electrons. The molecule has 0 aliphatic heterocycles. The summed E-state index contributed by atoms with van der Waals surface area (Å²) < 4.78 is 6.53. The quantitative estimate of drug-likeness (QED) is 0.187. The maximum Gasteiger partial charge on any atom is 0.227 e. The minimum absolute atomic E-state index is 0.637. The molecule has 0 saturated carbocycles. The van der Waals surface area contributed by atoms with Crippen molar-refractivity contribution in [2.75, 3.05) is 4.90 Å². The van der Waals surface area contributed by atoms with Crippen LogP contribution in [-0.4, -0.2) is 4.98 Å². The van der Waals surface area contributed by atoms with Crippen LogP contribution < -0.4 is 4.90 Å². The number of para-hydroxylation sites is 2. The molecule has 1 aromatic heterocycles. The van der Waals surface area contributed by atoms with Gasteiger partial charge in [-0.05, 0) is 87.3 Å². The highest BCUT2D eigenvalue weighted by Crippen LogP contribution is 2.42. The fourth-order valence-corrected chi connectivity index (χ4v) is 6.68. The fraction of sp³-hybridized carbons (Fsp3) is 0. The molecule has 9 rings (SSSR count). The Labute approximate surface area is 266 Å². The van der Waals surface area contributed by atoms with Crippen molar-refractivity contribution >= 4 is 60.5 Å². The number of hydrogen-bond donors (Lipinski definition) is 0. The summed E-state index contributed by atoms with van der Waals surface area (Å²) in [5.41, 5.74) is 8.36. The van der Waals surface area contributed by atoms with E-state index in [0.717, 1.165) is 61.0 Å². The molecule has 3 heteroatoms. The molecule has 0 amide bonds. The van der Waals surface area contributed by atoms with E-state index >= 15 is 0 Å². The highest BCUT2D eigenvalue weighted by atomic mass is 16.3. The summed E-state index contributed by atoms with van der Waals surface area (Å²) in [6.45, 7) is 0. The molecule has 216 valence electrons. The summed E-state index contributed by atoms with van der Waals surface area (Å²) in [4.78, 5) is 7.42. The molecule has 0 aliphatic carbocycles. The van der Waals surface area contributed by atoms with E-state index in [9.17, 15) is 0 Å². The lowest BCUT2D eigenvalue weighted by Crippen LogP contribution is -2.09. The number of fused-ring (bicyclic) bond motifs is 8. The van der Waals surface area contributed by atoms with Crippen LogP contribution in [0.3, 0.4) is 0 Å². The summed E-state index contributed by atoms with van der Waals surface area (Å²) in [5.74, 6) is 0.637. The Balaban J connectivity index is 1.22. The molecule has 0 unspecified atom stereocenters. The van der Waals surface area contributed by atoms with Crippen molar-refractivity contribution in [1.82, 2.24) is 4.98 Å². The van der Waals surface area contributed by atoms with Gasteiger partial charge in [0.25, 0.3) is 0 Å². The monoisotopic (exact) mass is 588 g/mol. The lowest BCUT2D eigenvalue weighted by molar-refractivity contribution is 0.623. The normalized spacial score (nSPS) is 11.5. The van der Waals surface area contributed by atoms with Gasteiger partial charge in [-0.15, -0.1) is 0 Å². The highest BCUT2D eigenvalue weighted by molar-refractivity contribution is 6.29. The van der Waals surface area contributed by atoms with Crippen LogP contribution in [-0.2, 0) is 0 Å². The van der Waals surface area contributed by atoms with E-state index in [0.29, 0.717) is 5.89 Å². The SMILES string of the molecule is c1ccc(-c2nc3c(o2)c2ccccc2c2ccc4ccc(-c5ccc(N(c6ccccc6)c6ccccc6)cc5)cc4c23)cc1. The molecule has 0 aliphatic rings. The van der Waals surface area contributed by atoms with E-state index in [-0.39, 0.29) is 0 Å². The molecule has 0 fully saturated rings. The van der Waals surface area contributed by atoms with Crippen LogP contribution in [0.4, 0.5) is 17.1 Å².